The number of aryl methyl sites for hydroxylation is 1. The average molecular weight is 302 g/mol. The van der Waals surface area contributed by atoms with Crippen molar-refractivity contribution < 1.29 is 0 Å². The van der Waals surface area contributed by atoms with Crippen LogP contribution in [0.5, 0.6) is 0 Å². The molecule has 0 spiro atoms. The number of nitrogens with two attached hydrogens (primary N) is 1. The Kier molecular flexibility index (Phi) is 3.77. The highest BCUT2D eigenvalue weighted by Crippen LogP contribution is 2.30. The first-order valence-electron chi connectivity index (χ1n) is 6.66. The lowest BCUT2D eigenvalue weighted by molar-refractivity contribution is 0.706. The van der Waals surface area contributed by atoms with Gasteiger partial charge in [-0.15, -0.1) is 0 Å². The Hall–Kier alpha value is -2.11. The molecule has 3 rings (SSSR count). The van der Waals surface area contributed by atoms with Crippen LogP contribution in [0.2, 0.25) is 5.02 Å². The number of nitrogens with zero attached hydrogens (tertiary/aromatic N) is 3. The van der Waals surface area contributed by atoms with Crippen LogP contribution in [0.15, 0.2) is 43.0 Å². The van der Waals surface area contributed by atoms with Crippen LogP contribution in [0.4, 0.5) is 5.69 Å². The quantitative estimate of drug-likeness (QED) is 0.777. The molecular weight excluding hydrogens is 286 g/mol. The molecule has 6 heteroatoms. The number of hydrogen-bond acceptors (Lipinski definition) is 4. The fraction of sp³-hybridized carbons (Fsp3) is 0.200. The van der Waals surface area contributed by atoms with Crippen LogP contribution < -0.4 is 11.1 Å². The molecule has 0 aliphatic rings. The van der Waals surface area contributed by atoms with Gasteiger partial charge in [0.1, 0.15) is 0 Å². The molecule has 2 heterocycles. The van der Waals surface area contributed by atoms with Gasteiger partial charge in [-0.1, -0.05) is 11.6 Å². The molecule has 1 aromatic carbocycles. The van der Waals surface area contributed by atoms with Crippen molar-refractivity contribution in [3.63, 3.8) is 0 Å². The predicted octanol–water partition coefficient (Wildman–Crippen LogP) is 2.73. The molecule has 2 aromatic heterocycles. The molecule has 0 saturated carbocycles. The van der Waals surface area contributed by atoms with Crippen LogP contribution in [-0.2, 0) is 7.05 Å². The molecule has 108 valence electrons. The van der Waals surface area contributed by atoms with E-state index in [4.69, 9.17) is 17.3 Å². The summed E-state index contributed by atoms with van der Waals surface area (Å²) in [4.78, 5) is 8.56. The first-order valence-corrected chi connectivity index (χ1v) is 7.04. The van der Waals surface area contributed by atoms with Gasteiger partial charge in [0.25, 0.3) is 0 Å². The van der Waals surface area contributed by atoms with Gasteiger partial charge in [-0.3, -0.25) is 4.98 Å². The van der Waals surface area contributed by atoms with Gasteiger partial charge in [0.2, 0.25) is 0 Å². The van der Waals surface area contributed by atoms with Crippen molar-refractivity contribution >= 4 is 28.2 Å². The summed E-state index contributed by atoms with van der Waals surface area (Å²) >= 11 is 6.22. The maximum absolute atomic E-state index is 6.22. The number of halogens is 1. The van der Waals surface area contributed by atoms with Crippen molar-refractivity contribution in [2.75, 3.05) is 11.9 Å². The topological polar surface area (TPSA) is 68.8 Å². The summed E-state index contributed by atoms with van der Waals surface area (Å²) in [6.07, 6.45) is 5.33. The molecule has 1 atom stereocenters. The maximum Gasteiger partial charge on any atom is 0.0948 e. The van der Waals surface area contributed by atoms with E-state index in [9.17, 15) is 0 Å². The van der Waals surface area contributed by atoms with Crippen LogP contribution in [0.1, 0.15) is 11.7 Å². The summed E-state index contributed by atoms with van der Waals surface area (Å²) < 4.78 is 1.95. The third kappa shape index (κ3) is 2.57. The van der Waals surface area contributed by atoms with Gasteiger partial charge >= 0.3 is 0 Å². The fourth-order valence-electron chi connectivity index (χ4n) is 2.40. The van der Waals surface area contributed by atoms with E-state index < -0.39 is 0 Å². The summed E-state index contributed by atoms with van der Waals surface area (Å²) in [6.45, 7) is 0.455. The highest BCUT2D eigenvalue weighted by Gasteiger charge is 2.15. The summed E-state index contributed by atoms with van der Waals surface area (Å²) in [5.41, 5.74) is 8.68. The molecule has 0 aliphatic heterocycles. The third-order valence-corrected chi connectivity index (χ3v) is 3.82. The molecule has 1 unspecified atom stereocenters. The number of fused-ring (bicyclic) bond motifs is 1. The monoisotopic (exact) mass is 301 g/mol. The second-order valence-electron chi connectivity index (χ2n) is 4.86. The molecule has 3 aromatic rings. The van der Waals surface area contributed by atoms with Crippen molar-refractivity contribution in [1.82, 2.24) is 14.5 Å². The van der Waals surface area contributed by atoms with Crippen LogP contribution in [0, 0.1) is 0 Å². The Bertz CT molecular complexity index is 768. The van der Waals surface area contributed by atoms with E-state index in [0.29, 0.717) is 11.6 Å². The first-order chi connectivity index (χ1) is 10.2. The first kappa shape index (κ1) is 13.9. The molecule has 0 amide bonds. The second-order valence-corrected chi connectivity index (χ2v) is 5.26. The fourth-order valence-corrected chi connectivity index (χ4v) is 2.61. The maximum atomic E-state index is 6.22. The second kappa shape index (κ2) is 5.71. The van der Waals surface area contributed by atoms with E-state index in [2.05, 4.69) is 15.3 Å². The lowest BCUT2D eigenvalue weighted by atomic mass is 10.1. The average Bonchev–Trinajstić information content (AvgIpc) is 2.93. The highest BCUT2D eigenvalue weighted by atomic mass is 35.5. The smallest absolute Gasteiger partial charge is 0.0948 e. The molecule has 3 N–H and O–H groups in total. The number of anilines is 1. The molecule has 0 radical (unpaired) electrons. The molecule has 0 aliphatic carbocycles. The minimum atomic E-state index is -0.0381. The number of hydrogen-bond donors (Lipinski definition) is 2. The number of benzene rings is 1. The van der Waals surface area contributed by atoms with Gasteiger partial charge in [-0.2, -0.15) is 0 Å². The lowest BCUT2D eigenvalue weighted by Gasteiger charge is -2.19. The lowest BCUT2D eigenvalue weighted by Crippen LogP contribution is -2.22. The number of nitrogens with one attached hydrogen (secondary N) is 1. The largest absolute Gasteiger partial charge is 0.374 e. The Morgan fingerprint density at radius 2 is 2.24 bits per heavy atom. The molecule has 0 bridgehead atoms. The standard InChI is InChI=1S/C15H16ClN5/c1-21-9-18-8-14(21)13(7-17)20-12-5-4-11(16)10-3-2-6-19-15(10)12/h2-6,8-9,13,20H,7,17H2,1H3. The van der Waals surface area contributed by atoms with E-state index >= 15 is 0 Å². The van der Waals surface area contributed by atoms with Crippen LogP contribution >= 0.6 is 11.6 Å². The van der Waals surface area contributed by atoms with Crippen LogP contribution in [0.25, 0.3) is 10.9 Å². The zero-order valence-corrected chi connectivity index (χ0v) is 12.4. The van der Waals surface area contributed by atoms with Crippen molar-refractivity contribution in [2.24, 2.45) is 12.8 Å². The van der Waals surface area contributed by atoms with E-state index in [1.165, 1.54) is 0 Å². The van der Waals surface area contributed by atoms with Gasteiger partial charge < -0.3 is 15.6 Å². The predicted molar refractivity (Wildman–Crippen MR) is 85.4 cm³/mol. The minimum Gasteiger partial charge on any atom is -0.374 e. The zero-order valence-electron chi connectivity index (χ0n) is 11.6. The van der Waals surface area contributed by atoms with E-state index in [-0.39, 0.29) is 6.04 Å². The Labute approximate surface area is 127 Å². The Morgan fingerprint density at radius 3 is 2.95 bits per heavy atom. The molecule has 21 heavy (non-hydrogen) atoms. The SMILES string of the molecule is Cn1cncc1C(CN)Nc1ccc(Cl)c2cccnc12. The molecule has 0 fully saturated rings. The van der Waals surface area contributed by atoms with E-state index in [1.54, 1.807) is 12.5 Å². The van der Waals surface area contributed by atoms with Gasteiger partial charge in [-0.25, -0.2) is 4.98 Å². The highest BCUT2D eigenvalue weighted by molar-refractivity contribution is 6.35. The van der Waals surface area contributed by atoms with Crippen LogP contribution in [-0.4, -0.2) is 21.1 Å². The number of pyridine rings is 1. The van der Waals surface area contributed by atoms with Crippen LogP contribution in [0.3, 0.4) is 0 Å². The zero-order chi connectivity index (χ0) is 14.8. The summed E-state index contributed by atoms with van der Waals surface area (Å²) in [5, 5.41) is 5.04. The normalized spacial score (nSPS) is 12.5. The molecule has 0 saturated heterocycles. The molecular formula is C15H16ClN5. The van der Waals surface area contributed by atoms with Gasteiger partial charge in [0.15, 0.2) is 0 Å². The molecule has 5 nitrogen and oxygen atoms in total. The summed E-state index contributed by atoms with van der Waals surface area (Å²) in [7, 11) is 1.95. The Morgan fingerprint density at radius 1 is 1.38 bits per heavy atom. The summed E-state index contributed by atoms with van der Waals surface area (Å²) in [5.74, 6) is 0. The van der Waals surface area contributed by atoms with E-state index in [1.807, 2.05) is 42.1 Å². The number of imidazole rings is 1. The number of aromatic nitrogens is 3. The van der Waals surface area contributed by atoms with Gasteiger partial charge in [0, 0.05) is 25.2 Å². The Balaban J connectivity index is 2.01. The van der Waals surface area contributed by atoms with Crippen molar-refractivity contribution in [3.8, 4) is 0 Å². The van der Waals surface area contributed by atoms with Crippen molar-refractivity contribution in [2.45, 2.75) is 6.04 Å². The van der Waals surface area contributed by atoms with E-state index in [0.717, 1.165) is 22.3 Å². The minimum absolute atomic E-state index is 0.0381. The van der Waals surface area contributed by atoms with Gasteiger partial charge in [0.05, 0.1) is 40.5 Å². The summed E-state index contributed by atoms with van der Waals surface area (Å²) in [6, 6.07) is 7.59. The third-order valence-electron chi connectivity index (χ3n) is 3.49. The van der Waals surface area contributed by atoms with Crippen molar-refractivity contribution in [1.29, 1.82) is 0 Å². The van der Waals surface area contributed by atoms with Crippen molar-refractivity contribution in [3.05, 3.63) is 53.7 Å². The van der Waals surface area contributed by atoms with Gasteiger partial charge in [-0.05, 0) is 24.3 Å². The number of rotatable bonds is 4.